The maximum atomic E-state index is 11.0. The predicted molar refractivity (Wildman–Crippen MR) is 106 cm³/mol. The summed E-state index contributed by atoms with van der Waals surface area (Å²) in [5.74, 6) is 0. The summed E-state index contributed by atoms with van der Waals surface area (Å²) >= 11 is 0. The summed E-state index contributed by atoms with van der Waals surface area (Å²) in [5, 5.41) is 24.6. The van der Waals surface area contributed by atoms with Gasteiger partial charge in [0.15, 0.2) is 0 Å². The molecule has 0 bridgehead atoms. The summed E-state index contributed by atoms with van der Waals surface area (Å²) in [4.78, 5) is 20.4. The second-order valence-corrected chi connectivity index (χ2v) is 5.91. The smallest absolute Gasteiger partial charge is 0.299 e. The Hall–Kier alpha value is -3.08. The van der Waals surface area contributed by atoms with E-state index in [-0.39, 0.29) is 17.1 Å². The van der Waals surface area contributed by atoms with Gasteiger partial charge in [0.25, 0.3) is 11.4 Å². The fraction of sp³-hybridized carbons (Fsp3) is 0.368. The second kappa shape index (κ2) is 12.4. The van der Waals surface area contributed by atoms with Crippen molar-refractivity contribution in [1.82, 2.24) is 0 Å². The van der Waals surface area contributed by atoms with E-state index < -0.39 is 9.85 Å². The lowest BCUT2D eigenvalue weighted by Gasteiger charge is -2.09. The molecule has 29 heavy (non-hydrogen) atoms. The molecule has 0 spiro atoms. The molecule has 2 aromatic rings. The molecule has 0 aromatic heterocycles. The third kappa shape index (κ3) is 8.21. The molecule has 0 amide bonds. The molecular formula is C19H23N3O7. The van der Waals surface area contributed by atoms with E-state index in [1.165, 1.54) is 12.1 Å². The number of rotatable bonds is 14. The molecule has 0 atom stereocenters. The van der Waals surface area contributed by atoms with Crippen LogP contribution in [-0.2, 0) is 20.8 Å². The van der Waals surface area contributed by atoms with Crippen LogP contribution in [0.3, 0.4) is 0 Å². The quantitative estimate of drug-likeness (QED) is 0.288. The predicted octanol–water partition coefficient (Wildman–Crippen LogP) is 3.16. The van der Waals surface area contributed by atoms with E-state index in [9.17, 15) is 20.2 Å². The van der Waals surface area contributed by atoms with Gasteiger partial charge in [0.1, 0.15) is 5.69 Å². The van der Waals surface area contributed by atoms with Crippen LogP contribution < -0.4 is 5.32 Å². The van der Waals surface area contributed by atoms with Crippen molar-refractivity contribution in [2.24, 2.45) is 0 Å². The van der Waals surface area contributed by atoms with Crippen LogP contribution in [0, 0.1) is 20.2 Å². The van der Waals surface area contributed by atoms with E-state index in [0.29, 0.717) is 46.2 Å². The molecular weight excluding hydrogens is 382 g/mol. The Morgan fingerprint density at radius 1 is 0.793 bits per heavy atom. The first-order chi connectivity index (χ1) is 14.1. The van der Waals surface area contributed by atoms with Gasteiger partial charge in [0.05, 0.1) is 55.6 Å². The number of nitrogens with zero attached hydrogens (tertiary/aromatic N) is 2. The van der Waals surface area contributed by atoms with Gasteiger partial charge in [-0.3, -0.25) is 20.2 Å². The van der Waals surface area contributed by atoms with E-state index >= 15 is 0 Å². The second-order valence-electron chi connectivity index (χ2n) is 5.91. The number of nitro benzene ring substituents is 2. The maximum absolute atomic E-state index is 11.0. The summed E-state index contributed by atoms with van der Waals surface area (Å²) in [6, 6.07) is 13.3. The maximum Gasteiger partial charge on any atom is 0.299 e. The van der Waals surface area contributed by atoms with Gasteiger partial charge in [0.2, 0.25) is 0 Å². The average Bonchev–Trinajstić information content (AvgIpc) is 2.72. The normalized spacial score (nSPS) is 10.6. The van der Waals surface area contributed by atoms with Crippen LogP contribution >= 0.6 is 0 Å². The van der Waals surface area contributed by atoms with Crippen LogP contribution in [0.4, 0.5) is 17.1 Å². The molecule has 0 fully saturated rings. The number of non-ortho nitro benzene ring substituents is 1. The van der Waals surface area contributed by atoms with Crippen molar-refractivity contribution in [3.8, 4) is 0 Å². The molecule has 0 saturated heterocycles. The molecule has 2 rings (SSSR count). The van der Waals surface area contributed by atoms with Crippen LogP contribution in [0.1, 0.15) is 5.56 Å². The fourth-order valence-corrected chi connectivity index (χ4v) is 2.40. The van der Waals surface area contributed by atoms with Gasteiger partial charge in [-0.25, -0.2) is 0 Å². The third-order valence-corrected chi connectivity index (χ3v) is 3.81. The van der Waals surface area contributed by atoms with E-state index in [1.54, 1.807) is 0 Å². The number of hydrogen-bond acceptors (Lipinski definition) is 8. The van der Waals surface area contributed by atoms with Gasteiger partial charge in [-0.2, -0.15) is 0 Å². The van der Waals surface area contributed by atoms with Crippen molar-refractivity contribution in [2.75, 3.05) is 44.9 Å². The number of anilines is 1. The zero-order valence-electron chi connectivity index (χ0n) is 15.8. The molecule has 2 aromatic carbocycles. The van der Waals surface area contributed by atoms with Gasteiger partial charge < -0.3 is 19.5 Å². The molecule has 1 N–H and O–H groups in total. The van der Waals surface area contributed by atoms with E-state index in [0.717, 1.165) is 11.6 Å². The monoisotopic (exact) mass is 405 g/mol. The van der Waals surface area contributed by atoms with Crippen LogP contribution in [0.15, 0.2) is 48.5 Å². The number of nitro groups is 2. The van der Waals surface area contributed by atoms with Crippen LogP contribution in [0.5, 0.6) is 0 Å². The third-order valence-electron chi connectivity index (χ3n) is 3.81. The van der Waals surface area contributed by atoms with Crippen molar-refractivity contribution in [3.05, 3.63) is 74.3 Å². The average molecular weight is 405 g/mol. The highest BCUT2D eigenvalue weighted by Gasteiger charge is 2.18. The SMILES string of the molecule is O=[N+]([O-])c1ccc(NCCOCCOCCOCc2ccccc2)c([N+](=O)[O-])c1. The topological polar surface area (TPSA) is 126 Å². The highest BCUT2D eigenvalue weighted by molar-refractivity contribution is 5.65. The Balaban J connectivity index is 1.53. The first-order valence-electron chi connectivity index (χ1n) is 9.02. The number of benzene rings is 2. The lowest BCUT2D eigenvalue weighted by atomic mass is 10.2. The lowest BCUT2D eigenvalue weighted by Crippen LogP contribution is -2.14. The van der Waals surface area contributed by atoms with Gasteiger partial charge in [-0.1, -0.05) is 30.3 Å². The molecule has 0 aliphatic heterocycles. The van der Waals surface area contributed by atoms with E-state index in [1.807, 2.05) is 30.3 Å². The van der Waals surface area contributed by atoms with Gasteiger partial charge in [-0.05, 0) is 11.6 Å². The highest BCUT2D eigenvalue weighted by atomic mass is 16.6. The largest absolute Gasteiger partial charge is 0.377 e. The zero-order chi connectivity index (χ0) is 20.9. The zero-order valence-corrected chi connectivity index (χ0v) is 15.8. The highest BCUT2D eigenvalue weighted by Crippen LogP contribution is 2.28. The van der Waals surface area contributed by atoms with Crippen LogP contribution in [-0.4, -0.2) is 49.4 Å². The van der Waals surface area contributed by atoms with Gasteiger partial charge >= 0.3 is 0 Å². The Labute approximate surface area is 167 Å². The van der Waals surface area contributed by atoms with Crippen molar-refractivity contribution >= 4 is 17.1 Å². The molecule has 0 saturated carbocycles. The fourth-order valence-electron chi connectivity index (χ4n) is 2.40. The Bertz CT molecular complexity index is 787. The standard InChI is InChI=1S/C19H23N3O7/c23-21(24)17-6-7-18(19(14-17)22(25)26)20-8-9-27-10-11-28-12-13-29-15-16-4-2-1-3-5-16/h1-7,14,20H,8-13,15H2. The first-order valence-corrected chi connectivity index (χ1v) is 9.02. The van der Waals surface area contributed by atoms with Crippen molar-refractivity contribution in [3.63, 3.8) is 0 Å². The summed E-state index contributed by atoms with van der Waals surface area (Å²) in [7, 11) is 0. The summed E-state index contributed by atoms with van der Waals surface area (Å²) in [6.45, 7) is 2.90. The molecule has 0 aliphatic rings. The van der Waals surface area contributed by atoms with Crippen molar-refractivity contribution < 1.29 is 24.1 Å². The molecule has 156 valence electrons. The number of ether oxygens (including phenoxy) is 3. The van der Waals surface area contributed by atoms with Gasteiger partial charge in [-0.15, -0.1) is 0 Å². The lowest BCUT2D eigenvalue weighted by molar-refractivity contribution is -0.393. The van der Waals surface area contributed by atoms with Crippen molar-refractivity contribution in [1.29, 1.82) is 0 Å². The first kappa shape index (κ1) is 22.2. The molecule has 10 nitrogen and oxygen atoms in total. The minimum Gasteiger partial charge on any atom is -0.377 e. The van der Waals surface area contributed by atoms with Crippen LogP contribution in [0.25, 0.3) is 0 Å². The Morgan fingerprint density at radius 2 is 1.45 bits per heavy atom. The van der Waals surface area contributed by atoms with Crippen LogP contribution in [0.2, 0.25) is 0 Å². The Kier molecular flexibility index (Phi) is 9.49. The summed E-state index contributed by atoms with van der Waals surface area (Å²) in [6.07, 6.45) is 0. The summed E-state index contributed by atoms with van der Waals surface area (Å²) < 4.78 is 16.3. The molecule has 0 unspecified atom stereocenters. The number of hydrogen-bond donors (Lipinski definition) is 1. The molecule has 10 heteroatoms. The van der Waals surface area contributed by atoms with Gasteiger partial charge in [0, 0.05) is 12.6 Å². The van der Waals surface area contributed by atoms with E-state index in [2.05, 4.69) is 5.32 Å². The van der Waals surface area contributed by atoms with E-state index in [4.69, 9.17) is 14.2 Å². The summed E-state index contributed by atoms with van der Waals surface area (Å²) in [5.41, 5.74) is 0.633. The van der Waals surface area contributed by atoms with Crippen molar-refractivity contribution in [2.45, 2.75) is 6.61 Å². The minimum absolute atomic E-state index is 0.205. The number of nitrogens with one attached hydrogen (secondary N) is 1. The molecule has 0 heterocycles. The minimum atomic E-state index is -0.674. The molecule has 0 radical (unpaired) electrons. The Morgan fingerprint density at radius 3 is 2.10 bits per heavy atom. The molecule has 0 aliphatic carbocycles.